The molecule has 1 fully saturated rings. The van der Waals surface area contributed by atoms with E-state index in [1.54, 1.807) is 26.0 Å². The minimum absolute atomic E-state index is 0.0229. The molecule has 1 aromatic rings. The van der Waals surface area contributed by atoms with Crippen LogP contribution in [0.15, 0.2) is 17.0 Å². The number of sulfone groups is 1. The molecule has 112 valence electrons. The molecule has 0 saturated carbocycles. The van der Waals surface area contributed by atoms with Gasteiger partial charge >= 0.3 is 0 Å². The number of anilines is 1. The molecule has 1 aliphatic rings. The first-order chi connectivity index (χ1) is 9.12. The number of benzene rings is 1. The Morgan fingerprint density at radius 2 is 1.95 bits per heavy atom. The van der Waals surface area contributed by atoms with E-state index >= 15 is 0 Å². The molecule has 6 nitrogen and oxygen atoms in total. The lowest BCUT2D eigenvalue weighted by Crippen LogP contribution is -2.36. The number of nitrogen functional groups attached to an aromatic ring is 1. The lowest BCUT2D eigenvalue weighted by molar-refractivity contribution is 0.561. The van der Waals surface area contributed by atoms with Gasteiger partial charge in [0.15, 0.2) is 9.84 Å². The van der Waals surface area contributed by atoms with Crippen LogP contribution < -0.4 is 10.5 Å². The average Bonchev–Trinajstić information content (AvgIpc) is 2.62. The van der Waals surface area contributed by atoms with Crippen LogP contribution in [0.3, 0.4) is 0 Å². The summed E-state index contributed by atoms with van der Waals surface area (Å²) in [5, 5.41) is 0. The van der Waals surface area contributed by atoms with Crippen LogP contribution in [-0.4, -0.2) is 34.4 Å². The second-order valence-corrected chi connectivity index (χ2v) is 9.03. The molecule has 2 rings (SSSR count). The number of nitrogens with two attached hydrogens (primary N) is 1. The Morgan fingerprint density at radius 1 is 1.30 bits per heavy atom. The zero-order valence-corrected chi connectivity index (χ0v) is 13.0. The summed E-state index contributed by atoms with van der Waals surface area (Å²) in [5.41, 5.74) is 7.22. The quantitative estimate of drug-likeness (QED) is 0.782. The topological polar surface area (TPSA) is 106 Å². The molecule has 1 heterocycles. The number of rotatable bonds is 3. The van der Waals surface area contributed by atoms with Gasteiger partial charge in [-0.05, 0) is 37.5 Å². The van der Waals surface area contributed by atoms with E-state index in [9.17, 15) is 16.8 Å². The molecule has 0 aromatic heterocycles. The molecule has 1 atom stereocenters. The van der Waals surface area contributed by atoms with Crippen LogP contribution in [0.4, 0.5) is 5.69 Å². The van der Waals surface area contributed by atoms with Gasteiger partial charge in [-0.1, -0.05) is 6.07 Å². The molecule has 1 saturated heterocycles. The SMILES string of the molecule is Cc1ccc(N)c(C)c1S(=O)(=O)NC1CCS(=O)(=O)C1. The van der Waals surface area contributed by atoms with E-state index in [-0.39, 0.29) is 16.4 Å². The molecule has 1 unspecified atom stereocenters. The van der Waals surface area contributed by atoms with Gasteiger partial charge in [-0.2, -0.15) is 0 Å². The van der Waals surface area contributed by atoms with Gasteiger partial charge in [-0.15, -0.1) is 0 Å². The lowest BCUT2D eigenvalue weighted by atomic mass is 10.1. The minimum Gasteiger partial charge on any atom is -0.398 e. The van der Waals surface area contributed by atoms with Crippen molar-refractivity contribution in [2.24, 2.45) is 0 Å². The third kappa shape index (κ3) is 2.97. The van der Waals surface area contributed by atoms with Crippen LogP contribution >= 0.6 is 0 Å². The molecule has 8 heteroatoms. The molecule has 0 spiro atoms. The van der Waals surface area contributed by atoms with Crippen molar-refractivity contribution in [2.45, 2.75) is 31.2 Å². The Morgan fingerprint density at radius 3 is 2.50 bits per heavy atom. The van der Waals surface area contributed by atoms with Crippen molar-refractivity contribution < 1.29 is 16.8 Å². The molecule has 0 radical (unpaired) electrons. The maximum absolute atomic E-state index is 12.4. The smallest absolute Gasteiger partial charge is 0.241 e. The normalized spacial score (nSPS) is 22.0. The summed E-state index contributed by atoms with van der Waals surface area (Å²) in [6.45, 7) is 3.33. The van der Waals surface area contributed by atoms with Gasteiger partial charge in [0.05, 0.1) is 16.4 Å². The van der Waals surface area contributed by atoms with Gasteiger partial charge in [-0.25, -0.2) is 21.6 Å². The highest BCUT2D eigenvalue weighted by Crippen LogP contribution is 2.25. The number of aryl methyl sites for hydroxylation is 1. The molecular weight excluding hydrogens is 300 g/mol. The van der Waals surface area contributed by atoms with Gasteiger partial charge in [-0.3, -0.25) is 0 Å². The molecule has 20 heavy (non-hydrogen) atoms. The van der Waals surface area contributed by atoms with E-state index in [2.05, 4.69) is 4.72 Å². The van der Waals surface area contributed by atoms with Crippen molar-refractivity contribution >= 4 is 25.5 Å². The first-order valence-corrected chi connectivity index (χ1v) is 9.51. The predicted octanol–water partition coefficient (Wildman–Crippen LogP) is 0.351. The highest BCUT2D eigenvalue weighted by atomic mass is 32.2. The number of hydrogen-bond donors (Lipinski definition) is 2. The van der Waals surface area contributed by atoms with E-state index in [0.717, 1.165) is 0 Å². The first kappa shape index (κ1) is 15.3. The van der Waals surface area contributed by atoms with Gasteiger partial charge in [0.1, 0.15) is 0 Å². The first-order valence-electron chi connectivity index (χ1n) is 6.21. The Bertz CT molecular complexity index is 739. The third-order valence-electron chi connectivity index (χ3n) is 3.47. The van der Waals surface area contributed by atoms with E-state index in [1.165, 1.54) is 0 Å². The minimum atomic E-state index is -3.77. The molecule has 0 amide bonds. The van der Waals surface area contributed by atoms with Crippen molar-refractivity contribution in [3.8, 4) is 0 Å². The predicted molar refractivity (Wildman–Crippen MR) is 77.7 cm³/mol. The fourth-order valence-electron chi connectivity index (χ4n) is 2.42. The van der Waals surface area contributed by atoms with E-state index in [0.29, 0.717) is 23.2 Å². The van der Waals surface area contributed by atoms with Gasteiger partial charge < -0.3 is 5.73 Å². The molecule has 1 aromatic carbocycles. The standard InChI is InChI=1S/C12H18N2O4S2/c1-8-3-4-11(13)9(2)12(8)20(17,18)14-10-5-6-19(15,16)7-10/h3-4,10,14H,5-7,13H2,1-2H3. The zero-order valence-electron chi connectivity index (χ0n) is 11.4. The largest absolute Gasteiger partial charge is 0.398 e. The average molecular weight is 318 g/mol. The molecule has 1 aliphatic heterocycles. The van der Waals surface area contributed by atoms with Crippen LogP contribution in [-0.2, 0) is 19.9 Å². The number of sulfonamides is 1. The number of hydrogen-bond acceptors (Lipinski definition) is 5. The van der Waals surface area contributed by atoms with Crippen LogP contribution in [0.25, 0.3) is 0 Å². The van der Waals surface area contributed by atoms with Crippen molar-refractivity contribution in [3.05, 3.63) is 23.3 Å². The highest BCUT2D eigenvalue weighted by molar-refractivity contribution is 7.92. The lowest BCUT2D eigenvalue weighted by Gasteiger charge is -2.16. The maximum atomic E-state index is 12.4. The zero-order chi connectivity index (χ0) is 15.1. The Kier molecular flexibility index (Phi) is 3.83. The third-order valence-corrected chi connectivity index (χ3v) is 7.04. The summed E-state index contributed by atoms with van der Waals surface area (Å²) in [7, 11) is -6.90. The summed E-state index contributed by atoms with van der Waals surface area (Å²) >= 11 is 0. The fraction of sp³-hybridized carbons (Fsp3) is 0.500. The fourth-order valence-corrected chi connectivity index (χ4v) is 5.97. The van der Waals surface area contributed by atoms with Crippen LogP contribution in [0.2, 0.25) is 0 Å². The van der Waals surface area contributed by atoms with Crippen molar-refractivity contribution in [1.29, 1.82) is 0 Å². The summed E-state index contributed by atoms with van der Waals surface area (Å²) in [5.74, 6) is -0.123. The van der Waals surface area contributed by atoms with E-state index < -0.39 is 25.9 Å². The van der Waals surface area contributed by atoms with Gasteiger partial charge in [0.2, 0.25) is 10.0 Å². The van der Waals surface area contributed by atoms with Crippen molar-refractivity contribution in [2.75, 3.05) is 17.2 Å². The summed E-state index contributed by atoms with van der Waals surface area (Å²) < 4.78 is 50.1. The highest BCUT2D eigenvalue weighted by Gasteiger charge is 2.32. The molecule has 0 bridgehead atoms. The summed E-state index contributed by atoms with van der Waals surface area (Å²) in [6.07, 6.45) is 0.308. The monoisotopic (exact) mass is 318 g/mol. The van der Waals surface area contributed by atoms with E-state index in [1.807, 2.05) is 0 Å². The molecule has 3 N–H and O–H groups in total. The maximum Gasteiger partial charge on any atom is 0.241 e. The summed E-state index contributed by atoms with van der Waals surface area (Å²) in [4.78, 5) is 0.141. The van der Waals surface area contributed by atoms with Crippen LogP contribution in [0, 0.1) is 13.8 Å². The van der Waals surface area contributed by atoms with Crippen LogP contribution in [0.5, 0.6) is 0 Å². The Hall–Kier alpha value is -1.12. The van der Waals surface area contributed by atoms with Crippen molar-refractivity contribution in [1.82, 2.24) is 4.72 Å². The molecular formula is C12H18N2O4S2. The van der Waals surface area contributed by atoms with Crippen LogP contribution in [0.1, 0.15) is 17.5 Å². The van der Waals surface area contributed by atoms with Gasteiger partial charge in [0, 0.05) is 11.7 Å². The van der Waals surface area contributed by atoms with Crippen molar-refractivity contribution in [3.63, 3.8) is 0 Å². The second kappa shape index (κ2) is 5.01. The number of nitrogens with one attached hydrogen (secondary N) is 1. The van der Waals surface area contributed by atoms with E-state index in [4.69, 9.17) is 5.73 Å². The summed E-state index contributed by atoms with van der Waals surface area (Å²) in [6, 6.07) is 2.73. The molecule has 0 aliphatic carbocycles. The second-order valence-electron chi connectivity index (χ2n) is 5.15. The van der Waals surface area contributed by atoms with Gasteiger partial charge in [0.25, 0.3) is 0 Å². The Balaban J connectivity index is 2.35. The Labute approximate surface area is 119 Å².